The first-order valence-electron chi connectivity index (χ1n) is 6.19. The van der Waals surface area contributed by atoms with E-state index in [1.807, 2.05) is 24.3 Å². The van der Waals surface area contributed by atoms with Gasteiger partial charge in [-0.2, -0.15) is 8.78 Å². The van der Waals surface area contributed by atoms with Crippen LogP contribution < -0.4 is 14.8 Å². The molecule has 3 nitrogen and oxygen atoms in total. The van der Waals surface area contributed by atoms with Gasteiger partial charge in [0.15, 0.2) is 11.5 Å². The summed E-state index contributed by atoms with van der Waals surface area (Å²) in [6.07, 6.45) is 0. The Bertz CT molecular complexity index is 591. The maximum Gasteiger partial charge on any atom is 0.387 e. The molecule has 0 amide bonds. The molecule has 0 bridgehead atoms. The summed E-state index contributed by atoms with van der Waals surface area (Å²) in [6.45, 7) is -2.31. The third kappa shape index (κ3) is 4.60. The second kappa shape index (κ2) is 7.26. The third-order valence-electron chi connectivity index (χ3n) is 2.79. The zero-order valence-electron chi connectivity index (χ0n) is 11.3. The van der Waals surface area contributed by atoms with Gasteiger partial charge in [-0.05, 0) is 29.8 Å². The standard InChI is InChI=1S/C15H14BrF2NO2/c1-20-13-7-6-12(8-14(13)21-15(17)18)19-9-10-2-4-11(16)5-3-10/h2-8,15,19H,9H2,1H3. The van der Waals surface area contributed by atoms with Crippen molar-refractivity contribution in [3.05, 3.63) is 52.5 Å². The lowest BCUT2D eigenvalue weighted by Gasteiger charge is -2.13. The Morgan fingerprint density at radius 1 is 1.10 bits per heavy atom. The summed E-state index contributed by atoms with van der Waals surface area (Å²) in [5.41, 5.74) is 1.75. The van der Waals surface area contributed by atoms with Crippen molar-refractivity contribution in [2.24, 2.45) is 0 Å². The van der Waals surface area contributed by atoms with Crippen LogP contribution in [0.1, 0.15) is 5.56 Å². The number of halogens is 3. The first-order chi connectivity index (χ1) is 10.1. The van der Waals surface area contributed by atoms with E-state index >= 15 is 0 Å². The second-order valence-corrected chi connectivity index (χ2v) is 5.14. The zero-order chi connectivity index (χ0) is 15.2. The number of nitrogens with one attached hydrogen (secondary N) is 1. The van der Waals surface area contributed by atoms with Gasteiger partial charge in [0.05, 0.1) is 7.11 Å². The van der Waals surface area contributed by atoms with Crippen LogP contribution in [0, 0.1) is 0 Å². The molecule has 0 fully saturated rings. The van der Waals surface area contributed by atoms with Crippen LogP contribution in [0.2, 0.25) is 0 Å². The topological polar surface area (TPSA) is 30.5 Å². The van der Waals surface area contributed by atoms with Gasteiger partial charge in [-0.15, -0.1) is 0 Å². The minimum absolute atomic E-state index is 0.00769. The number of ether oxygens (including phenoxy) is 2. The van der Waals surface area contributed by atoms with Gasteiger partial charge in [-0.1, -0.05) is 28.1 Å². The number of hydrogen-bond acceptors (Lipinski definition) is 3. The Balaban J connectivity index is 2.07. The maximum atomic E-state index is 12.4. The van der Waals surface area contributed by atoms with Crippen LogP contribution in [-0.2, 0) is 6.54 Å². The molecule has 0 radical (unpaired) electrons. The molecule has 112 valence electrons. The van der Waals surface area contributed by atoms with Gasteiger partial charge < -0.3 is 14.8 Å². The molecule has 0 spiro atoms. The van der Waals surface area contributed by atoms with Crippen LogP contribution in [0.3, 0.4) is 0 Å². The van der Waals surface area contributed by atoms with Crippen LogP contribution in [0.5, 0.6) is 11.5 Å². The molecule has 2 aromatic rings. The molecule has 0 aliphatic heterocycles. The van der Waals surface area contributed by atoms with Gasteiger partial charge in [0.25, 0.3) is 0 Å². The molecule has 0 heterocycles. The van der Waals surface area contributed by atoms with Gasteiger partial charge in [-0.25, -0.2) is 0 Å². The Morgan fingerprint density at radius 3 is 2.43 bits per heavy atom. The van der Waals surface area contributed by atoms with Crippen LogP contribution in [-0.4, -0.2) is 13.7 Å². The maximum absolute atomic E-state index is 12.4. The highest BCUT2D eigenvalue weighted by atomic mass is 79.9. The monoisotopic (exact) mass is 357 g/mol. The normalized spacial score (nSPS) is 10.5. The number of methoxy groups -OCH3 is 1. The summed E-state index contributed by atoms with van der Waals surface area (Å²) in [5.74, 6) is 0.276. The number of anilines is 1. The van der Waals surface area contributed by atoms with Crippen molar-refractivity contribution in [1.29, 1.82) is 0 Å². The average Bonchev–Trinajstić information content (AvgIpc) is 2.46. The van der Waals surface area contributed by atoms with E-state index in [9.17, 15) is 8.78 Å². The lowest BCUT2D eigenvalue weighted by atomic mass is 10.2. The van der Waals surface area contributed by atoms with Crippen LogP contribution >= 0.6 is 15.9 Å². The molecule has 2 aromatic carbocycles. The summed E-state index contributed by atoms with van der Waals surface area (Å²) >= 11 is 3.37. The first-order valence-corrected chi connectivity index (χ1v) is 6.99. The van der Waals surface area contributed by atoms with E-state index in [0.717, 1.165) is 10.0 Å². The summed E-state index contributed by atoms with van der Waals surface area (Å²) < 4.78 is 35.1. The second-order valence-electron chi connectivity index (χ2n) is 4.22. The van der Waals surface area contributed by atoms with Gasteiger partial charge in [0.2, 0.25) is 0 Å². The molecular weight excluding hydrogens is 344 g/mol. The predicted molar refractivity (Wildman–Crippen MR) is 81.1 cm³/mol. The van der Waals surface area contributed by atoms with E-state index in [1.54, 1.807) is 12.1 Å². The highest BCUT2D eigenvalue weighted by molar-refractivity contribution is 9.10. The Hall–Kier alpha value is -1.82. The van der Waals surface area contributed by atoms with Gasteiger partial charge in [-0.3, -0.25) is 0 Å². The largest absolute Gasteiger partial charge is 0.493 e. The molecule has 1 N–H and O–H groups in total. The van der Waals surface area contributed by atoms with Crippen molar-refractivity contribution in [2.45, 2.75) is 13.2 Å². The van der Waals surface area contributed by atoms with Crippen molar-refractivity contribution < 1.29 is 18.3 Å². The molecule has 0 atom stereocenters. The van der Waals surface area contributed by atoms with E-state index in [-0.39, 0.29) is 11.5 Å². The summed E-state index contributed by atoms with van der Waals surface area (Å²) in [4.78, 5) is 0. The SMILES string of the molecule is COc1ccc(NCc2ccc(Br)cc2)cc1OC(F)F. The molecule has 0 saturated heterocycles. The van der Waals surface area contributed by atoms with Crippen molar-refractivity contribution in [1.82, 2.24) is 0 Å². The van der Waals surface area contributed by atoms with E-state index < -0.39 is 6.61 Å². The molecule has 0 aromatic heterocycles. The quantitative estimate of drug-likeness (QED) is 0.814. The van der Waals surface area contributed by atoms with Gasteiger partial charge in [0.1, 0.15) is 0 Å². The lowest BCUT2D eigenvalue weighted by molar-refractivity contribution is -0.0511. The zero-order valence-corrected chi connectivity index (χ0v) is 12.9. The van der Waals surface area contributed by atoms with Crippen LogP contribution in [0.4, 0.5) is 14.5 Å². The van der Waals surface area contributed by atoms with E-state index in [1.165, 1.54) is 13.2 Å². The highest BCUT2D eigenvalue weighted by Gasteiger charge is 2.11. The summed E-state index contributed by atoms with van der Waals surface area (Å²) in [5, 5.41) is 3.15. The fourth-order valence-corrected chi connectivity index (χ4v) is 2.05. The minimum Gasteiger partial charge on any atom is -0.493 e. The van der Waals surface area contributed by atoms with Crippen molar-refractivity contribution >= 4 is 21.6 Å². The number of rotatable bonds is 6. The highest BCUT2D eigenvalue weighted by Crippen LogP contribution is 2.31. The van der Waals surface area contributed by atoms with Gasteiger partial charge >= 0.3 is 6.61 Å². The summed E-state index contributed by atoms with van der Waals surface area (Å²) in [6, 6.07) is 12.6. The van der Waals surface area contributed by atoms with E-state index in [4.69, 9.17) is 4.74 Å². The third-order valence-corrected chi connectivity index (χ3v) is 3.32. The van der Waals surface area contributed by atoms with Crippen LogP contribution in [0.15, 0.2) is 46.9 Å². The fourth-order valence-electron chi connectivity index (χ4n) is 1.78. The average molecular weight is 358 g/mol. The van der Waals surface area contributed by atoms with Crippen molar-refractivity contribution in [3.63, 3.8) is 0 Å². The molecule has 0 saturated carbocycles. The van der Waals surface area contributed by atoms with E-state index in [0.29, 0.717) is 12.2 Å². The molecule has 2 rings (SSSR count). The Morgan fingerprint density at radius 2 is 1.81 bits per heavy atom. The van der Waals surface area contributed by atoms with E-state index in [2.05, 4.69) is 26.0 Å². The first kappa shape index (κ1) is 15.6. The Kier molecular flexibility index (Phi) is 5.38. The van der Waals surface area contributed by atoms with Crippen molar-refractivity contribution in [2.75, 3.05) is 12.4 Å². The predicted octanol–water partition coefficient (Wildman–Crippen LogP) is 4.67. The fraction of sp³-hybridized carbons (Fsp3) is 0.200. The Labute approximate surface area is 130 Å². The molecule has 0 aliphatic rings. The summed E-state index contributed by atoms with van der Waals surface area (Å²) in [7, 11) is 1.41. The number of hydrogen-bond donors (Lipinski definition) is 1. The molecule has 0 unspecified atom stereocenters. The lowest BCUT2D eigenvalue weighted by Crippen LogP contribution is -2.05. The smallest absolute Gasteiger partial charge is 0.387 e. The molecule has 21 heavy (non-hydrogen) atoms. The molecule has 6 heteroatoms. The van der Waals surface area contributed by atoms with Crippen molar-refractivity contribution in [3.8, 4) is 11.5 Å². The minimum atomic E-state index is -2.89. The number of alkyl halides is 2. The molecule has 0 aliphatic carbocycles. The number of benzene rings is 2. The van der Waals surface area contributed by atoms with Gasteiger partial charge in [0, 0.05) is 22.8 Å². The van der Waals surface area contributed by atoms with Crippen LogP contribution in [0.25, 0.3) is 0 Å². The molecular formula is C15H14BrF2NO2.